The molecule has 0 aromatic heterocycles. The summed E-state index contributed by atoms with van der Waals surface area (Å²) >= 11 is 0. The summed E-state index contributed by atoms with van der Waals surface area (Å²) in [6, 6.07) is 5.82. The van der Waals surface area contributed by atoms with Crippen LogP contribution in [0.3, 0.4) is 0 Å². The summed E-state index contributed by atoms with van der Waals surface area (Å²) in [5.74, 6) is -0.459. The van der Waals surface area contributed by atoms with E-state index in [1.54, 1.807) is 18.2 Å². The lowest BCUT2D eigenvalue weighted by molar-refractivity contribution is -0.123. The van der Waals surface area contributed by atoms with Crippen molar-refractivity contribution in [1.82, 2.24) is 15.4 Å². The van der Waals surface area contributed by atoms with Crippen molar-refractivity contribution < 1.29 is 18.0 Å². The van der Waals surface area contributed by atoms with Gasteiger partial charge in [0, 0.05) is 24.6 Å². The second-order valence-corrected chi connectivity index (χ2v) is 8.84. The Hall–Kier alpha value is -2.42. The number of sulfonamides is 1. The normalized spacial score (nSPS) is 18.2. The monoisotopic (exact) mass is 408 g/mol. The van der Waals surface area contributed by atoms with E-state index < -0.39 is 16.1 Å². The minimum atomic E-state index is -3.66. The van der Waals surface area contributed by atoms with E-state index in [1.807, 2.05) is 27.7 Å². The largest absolute Gasteiger partial charge is 0.354 e. The third kappa shape index (κ3) is 5.31. The highest BCUT2D eigenvalue weighted by atomic mass is 32.2. The molecule has 0 aliphatic carbocycles. The first-order valence-corrected chi connectivity index (χ1v) is 10.9. The molecule has 0 radical (unpaired) electrons. The fourth-order valence-electron chi connectivity index (χ4n) is 2.73. The molecule has 0 bridgehead atoms. The van der Waals surface area contributed by atoms with Crippen molar-refractivity contribution in [2.24, 2.45) is 10.9 Å². The number of rotatable bonds is 8. The Morgan fingerprint density at radius 3 is 2.50 bits per heavy atom. The molecule has 2 atom stereocenters. The minimum absolute atomic E-state index is 0.0912. The summed E-state index contributed by atoms with van der Waals surface area (Å²) in [6.07, 6.45) is 1.01. The predicted molar refractivity (Wildman–Crippen MR) is 107 cm³/mol. The van der Waals surface area contributed by atoms with Crippen molar-refractivity contribution in [3.63, 3.8) is 0 Å². The number of hydrogen-bond donors (Lipinski definition) is 3. The van der Waals surface area contributed by atoms with Crippen LogP contribution in [0.2, 0.25) is 0 Å². The van der Waals surface area contributed by atoms with Crippen molar-refractivity contribution in [3.05, 3.63) is 29.8 Å². The van der Waals surface area contributed by atoms with Crippen LogP contribution >= 0.6 is 0 Å². The van der Waals surface area contributed by atoms with Crippen molar-refractivity contribution in [2.75, 3.05) is 6.54 Å². The lowest BCUT2D eigenvalue weighted by Crippen LogP contribution is -2.40. The first-order valence-electron chi connectivity index (χ1n) is 9.42. The number of nitrogens with one attached hydrogen (secondary N) is 3. The molecule has 2 amide bonds. The van der Waals surface area contributed by atoms with Crippen LogP contribution in [-0.2, 0) is 19.6 Å². The van der Waals surface area contributed by atoms with Gasteiger partial charge in [0.15, 0.2) is 0 Å². The van der Waals surface area contributed by atoms with Crippen molar-refractivity contribution in [3.8, 4) is 0 Å². The van der Waals surface area contributed by atoms with Crippen LogP contribution < -0.4 is 15.4 Å². The molecule has 0 spiro atoms. The van der Waals surface area contributed by atoms with Gasteiger partial charge in [-0.15, -0.1) is 0 Å². The number of fused-ring (bicyclic) bond motifs is 1. The maximum absolute atomic E-state index is 12.6. The number of amides is 2. The molecule has 3 N–H and O–H groups in total. The first kappa shape index (κ1) is 21.9. The highest BCUT2D eigenvalue weighted by molar-refractivity contribution is 7.90. The molecular weight excluding hydrogens is 380 g/mol. The second-order valence-electron chi connectivity index (χ2n) is 7.19. The summed E-state index contributed by atoms with van der Waals surface area (Å²) in [7, 11) is -3.66. The van der Waals surface area contributed by atoms with Gasteiger partial charge in [0.1, 0.15) is 11.9 Å². The van der Waals surface area contributed by atoms with E-state index in [0.29, 0.717) is 5.56 Å². The van der Waals surface area contributed by atoms with Crippen LogP contribution in [0.4, 0.5) is 0 Å². The molecule has 1 aromatic rings. The highest BCUT2D eigenvalue weighted by Crippen LogP contribution is 2.23. The van der Waals surface area contributed by atoms with Gasteiger partial charge in [0.25, 0.3) is 10.0 Å². The quantitative estimate of drug-likeness (QED) is 0.598. The Morgan fingerprint density at radius 2 is 1.86 bits per heavy atom. The molecule has 2 rings (SSSR count). The lowest BCUT2D eigenvalue weighted by atomic mass is 10.0. The van der Waals surface area contributed by atoms with Crippen LogP contribution in [0, 0.1) is 5.92 Å². The molecule has 0 saturated carbocycles. The lowest BCUT2D eigenvalue weighted by Gasteiger charge is -2.17. The van der Waals surface area contributed by atoms with Gasteiger partial charge in [-0.1, -0.05) is 32.9 Å². The van der Waals surface area contributed by atoms with Gasteiger partial charge in [0.2, 0.25) is 11.8 Å². The SMILES string of the molecule is CCC(C)NC(=O)CCNC(=O)[C@@H](N=C1NS(=O)(=O)c2ccccc21)C(C)C. The van der Waals surface area contributed by atoms with E-state index in [0.717, 1.165) is 6.42 Å². The Balaban J connectivity index is 2.07. The molecule has 1 aromatic carbocycles. The Morgan fingerprint density at radius 1 is 1.18 bits per heavy atom. The maximum atomic E-state index is 12.6. The van der Waals surface area contributed by atoms with E-state index in [9.17, 15) is 18.0 Å². The zero-order chi connectivity index (χ0) is 20.9. The van der Waals surface area contributed by atoms with E-state index >= 15 is 0 Å². The molecule has 1 unspecified atom stereocenters. The van der Waals surface area contributed by atoms with Crippen molar-refractivity contribution in [2.45, 2.75) is 57.5 Å². The number of nitrogens with zero attached hydrogens (tertiary/aromatic N) is 1. The number of carbonyl (C=O) groups excluding carboxylic acids is 2. The topological polar surface area (TPSA) is 117 Å². The van der Waals surface area contributed by atoms with Gasteiger partial charge < -0.3 is 10.6 Å². The summed E-state index contributed by atoms with van der Waals surface area (Å²) in [4.78, 5) is 28.9. The Labute approximate surface area is 166 Å². The zero-order valence-corrected chi connectivity index (χ0v) is 17.5. The van der Waals surface area contributed by atoms with Crippen LogP contribution in [-0.4, -0.2) is 44.7 Å². The van der Waals surface area contributed by atoms with E-state index in [4.69, 9.17) is 0 Å². The molecule has 0 saturated heterocycles. The van der Waals surface area contributed by atoms with Crippen LogP contribution in [0.1, 0.15) is 46.1 Å². The summed E-state index contributed by atoms with van der Waals surface area (Å²) in [6.45, 7) is 7.76. The molecule has 1 aliphatic heterocycles. The summed E-state index contributed by atoms with van der Waals surface area (Å²) in [5, 5.41) is 5.56. The number of benzene rings is 1. The van der Waals surface area contributed by atoms with Crippen LogP contribution in [0.5, 0.6) is 0 Å². The maximum Gasteiger partial charge on any atom is 0.263 e. The standard InChI is InChI=1S/C19H28N4O4S/c1-5-13(4)21-16(24)10-11-20-19(25)17(12(2)3)22-18-14-8-6-7-9-15(14)28(26,27)23-18/h6-9,12-13,17H,5,10-11H2,1-4H3,(H,20,25)(H,21,24)(H,22,23)/t13?,17-/m0/s1. The van der Waals surface area contributed by atoms with Crippen molar-refractivity contribution in [1.29, 1.82) is 0 Å². The van der Waals surface area contributed by atoms with Gasteiger partial charge >= 0.3 is 0 Å². The molecule has 154 valence electrons. The molecule has 0 fully saturated rings. The van der Waals surface area contributed by atoms with E-state index in [2.05, 4.69) is 20.3 Å². The molecule has 8 nitrogen and oxygen atoms in total. The zero-order valence-electron chi connectivity index (χ0n) is 16.7. The van der Waals surface area contributed by atoms with Crippen LogP contribution in [0.25, 0.3) is 0 Å². The van der Waals surface area contributed by atoms with E-state index in [1.165, 1.54) is 6.07 Å². The van der Waals surface area contributed by atoms with Crippen molar-refractivity contribution >= 4 is 27.7 Å². The highest BCUT2D eigenvalue weighted by Gasteiger charge is 2.32. The number of carbonyl (C=O) groups is 2. The van der Waals surface area contributed by atoms with Gasteiger partial charge in [0.05, 0.1) is 4.90 Å². The Bertz CT molecular complexity index is 864. The minimum Gasteiger partial charge on any atom is -0.354 e. The first-order chi connectivity index (χ1) is 13.2. The average molecular weight is 409 g/mol. The van der Waals surface area contributed by atoms with Gasteiger partial charge in [-0.25, -0.2) is 8.42 Å². The second kappa shape index (κ2) is 9.18. The molecular formula is C19H28N4O4S. The Kier molecular flexibility index (Phi) is 7.17. The molecule has 1 heterocycles. The smallest absolute Gasteiger partial charge is 0.263 e. The molecule has 28 heavy (non-hydrogen) atoms. The third-order valence-corrected chi connectivity index (χ3v) is 5.90. The third-order valence-electron chi connectivity index (χ3n) is 4.50. The van der Waals surface area contributed by atoms with E-state index in [-0.39, 0.29) is 47.5 Å². The summed E-state index contributed by atoms with van der Waals surface area (Å²) < 4.78 is 26.8. The van der Waals surface area contributed by atoms with Gasteiger partial charge in [-0.2, -0.15) is 0 Å². The predicted octanol–water partition coefficient (Wildman–Crippen LogP) is 1.17. The van der Waals surface area contributed by atoms with Gasteiger partial charge in [-0.3, -0.25) is 19.3 Å². The molecule has 1 aliphatic rings. The fourth-order valence-corrected chi connectivity index (χ4v) is 3.97. The molecule has 9 heteroatoms. The summed E-state index contributed by atoms with van der Waals surface area (Å²) in [5.41, 5.74) is 0.453. The fraction of sp³-hybridized carbons (Fsp3) is 0.526. The number of aliphatic imine (C=N–C) groups is 1. The van der Waals surface area contributed by atoms with Gasteiger partial charge in [-0.05, 0) is 31.4 Å². The number of hydrogen-bond acceptors (Lipinski definition) is 5. The van der Waals surface area contributed by atoms with Crippen LogP contribution in [0.15, 0.2) is 34.2 Å². The average Bonchev–Trinajstić information content (AvgIpc) is 2.89. The number of amidine groups is 1.